The lowest BCUT2D eigenvalue weighted by Gasteiger charge is -2.29. The largest absolute Gasteiger partial charge is 0.444 e. The third kappa shape index (κ3) is 5.49. The number of hydrogen-bond acceptors (Lipinski definition) is 4. The zero-order valence-corrected chi connectivity index (χ0v) is 16.5. The number of nitrogens with zero attached hydrogens (tertiary/aromatic N) is 1. The molecule has 0 bridgehead atoms. The molecule has 1 saturated heterocycles. The third-order valence-corrected chi connectivity index (χ3v) is 5.32. The van der Waals surface area contributed by atoms with E-state index in [0.29, 0.717) is 18.0 Å². The molecular formula is C19H32N2O2S. The van der Waals surface area contributed by atoms with E-state index in [-0.39, 0.29) is 6.09 Å². The minimum absolute atomic E-state index is 0.163. The van der Waals surface area contributed by atoms with Gasteiger partial charge in [-0.1, -0.05) is 19.9 Å². The van der Waals surface area contributed by atoms with Crippen LogP contribution in [0.3, 0.4) is 0 Å². The molecule has 2 atom stereocenters. The van der Waals surface area contributed by atoms with E-state index in [1.165, 1.54) is 4.88 Å². The van der Waals surface area contributed by atoms with Gasteiger partial charge in [0.05, 0.1) is 0 Å². The predicted molar refractivity (Wildman–Crippen MR) is 100 cm³/mol. The standard InChI is InChI=1S/C19H32N2O2S/c1-14(2)17(16-9-7-13-24-16)20-11-10-15-8-6-12-21(15)18(22)23-19(3,4)5/h7,9,13-15,17,20H,6,8,10-12H2,1-5H3. The fourth-order valence-electron chi connectivity index (χ4n) is 3.24. The minimum atomic E-state index is -0.426. The summed E-state index contributed by atoms with van der Waals surface area (Å²) in [4.78, 5) is 15.7. The average Bonchev–Trinajstić information content (AvgIpc) is 3.12. The molecule has 0 radical (unpaired) electrons. The summed E-state index contributed by atoms with van der Waals surface area (Å²) in [7, 11) is 0. The summed E-state index contributed by atoms with van der Waals surface area (Å²) in [5.74, 6) is 0.550. The van der Waals surface area contributed by atoms with Gasteiger partial charge in [-0.05, 0) is 63.9 Å². The maximum atomic E-state index is 12.3. The smallest absolute Gasteiger partial charge is 0.410 e. The highest BCUT2D eigenvalue weighted by atomic mass is 32.1. The summed E-state index contributed by atoms with van der Waals surface area (Å²) < 4.78 is 5.54. The average molecular weight is 353 g/mol. The first-order valence-electron chi connectivity index (χ1n) is 9.04. The fourth-order valence-corrected chi connectivity index (χ4v) is 4.21. The van der Waals surface area contributed by atoms with Gasteiger partial charge in [-0.3, -0.25) is 0 Å². The highest BCUT2D eigenvalue weighted by molar-refractivity contribution is 7.10. The van der Waals surface area contributed by atoms with Crippen LogP contribution in [0.4, 0.5) is 4.79 Å². The summed E-state index contributed by atoms with van der Waals surface area (Å²) in [6.07, 6.45) is 2.96. The molecule has 1 aliphatic rings. The molecule has 0 aromatic carbocycles. The van der Waals surface area contributed by atoms with Gasteiger partial charge in [-0.2, -0.15) is 0 Å². The maximum Gasteiger partial charge on any atom is 0.410 e. The molecule has 2 heterocycles. The van der Waals surface area contributed by atoms with E-state index in [1.807, 2.05) is 25.7 Å². The van der Waals surface area contributed by atoms with Crippen molar-refractivity contribution in [3.05, 3.63) is 22.4 Å². The van der Waals surface area contributed by atoms with Gasteiger partial charge in [0.1, 0.15) is 5.60 Å². The fraction of sp³-hybridized carbons (Fsp3) is 0.737. The summed E-state index contributed by atoms with van der Waals surface area (Å²) >= 11 is 1.81. The Labute approximate surface area is 150 Å². The first-order valence-corrected chi connectivity index (χ1v) is 9.92. The number of thiophene rings is 1. The van der Waals surface area contributed by atoms with Crippen LogP contribution in [0.1, 0.15) is 64.8 Å². The highest BCUT2D eigenvalue weighted by Gasteiger charge is 2.32. The number of carbonyl (C=O) groups is 1. The zero-order chi connectivity index (χ0) is 17.7. The molecule has 2 unspecified atom stereocenters. The van der Waals surface area contributed by atoms with E-state index in [0.717, 1.165) is 32.4 Å². The zero-order valence-electron chi connectivity index (χ0n) is 15.7. The Bertz CT molecular complexity index is 508. The van der Waals surface area contributed by atoms with Crippen molar-refractivity contribution in [2.45, 2.75) is 71.6 Å². The van der Waals surface area contributed by atoms with Crippen molar-refractivity contribution >= 4 is 17.4 Å². The molecule has 136 valence electrons. The van der Waals surface area contributed by atoms with Crippen molar-refractivity contribution in [3.63, 3.8) is 0 Å². The molecule has 4 nitrogen and oxygen atoms in total. The van der Waals surface area contributed by atoms with E-state index < -0.39 is 5.60 Å². The molecule has 1 N–H and O–H groups in total. The van der Waals surface area contributed by atoms with Crippen LogP contribution >= 0.6 is 11.3 Å². The predicted octanol–water partition coefficient (Wildman–Crippen LogP) is 4.82. The molecule has 5 heteroatoms. The second-order valence-electron chi connectivity index (χ2n) is 7.95. The van der Waals surface area contributed by atoms with E-state index in [4.69, 9.17) is 4.74 Å². The van der Waals surface area contributed by atoms with Crippen molar-refractivity contribution in [1.82, 2.24) is 10.2 Å². The Balaban J connectivity index is 1.85. The number of hydrogen-bond donors (Lipinski definition) is 1. The van der Waals surface area contributed by atoms with Crippen molar-refractivity contribution in [1.29, 1.82) is 0 Å². The molecule has 24 heavy (non-hydrogen) atoms. The molecular weight excluding hydrogens is 320 g/mol. The van der Waals surface area contributed by atoms with E-state index in [1.54, 1.807) is 11.3 Å². The number of rotatable bonds is 6. The highest BCUT2D eigenvalue weighted by Crippen LogP contribution is 2.27. The van der Waals surface area contributed by atoms with Crippen LogP contribution in [0.15, 0.2) is 17.5 Å². The van der Waals surface area contributed by atoms with E-state index in [9.17, 15) is 4.79 Å². The molecule has 1 amide bonds. The van der Waals surface area contributed by atoms with Gasteiger partial charge in [0.25, 0.3) is 0 Å². The van der Waals surface area contributed by atoms with E-state index >= 15 is 0 Å². The number of carbonyl (C=O) groups excluding carboxylic acids is 1. The summed E-state index contributed by atoms with van der Waals surface area (Å²) in [5.41, 5.74) is -0.426. The molecule has 0 aliphatic carbocycles. The summed E-state index contributed by atoms with van der Waals surface area (Å²) in [5, 5.41) is 5.82. The Hall–Kier alpha value is -1.07. The van der Waals surface area contributed by atoms with Crippen LogP contribution in [0, 0.1) is 5.92 Å². The second-order valence-corrected chi connectivity index (χ2v) is 8.93. The number of amides is 1. The van der Waals surface area contributed by atoms with Gasteiger partial charge in [-0.25, -0.2) is 4.79 Å². The number of likely N-dealkylation sites (tertiary alicyclic amines) is 1. The van der Waals surface area contributed by atoms with Crippen molar-refractivity contribution < 1.29 is 9.53 Å². The monoisotopic (exact) mass is 352 g/mol. The SMILES string of the molecule is CC(C)C(NCCC1CCCN1C(=O)OC(C)(C)C)c1cccs1. The van der Waals surface area contributed by atoms with Gasteiger partial charge in [0.2, 0.25) is 0 Å². The third-order valence-electron chi connectivity index (χ3n) is 4.36. The van der Waals surface area contributed by atoms with E-state index in [2.05, 4.69) is 36.7 Å². The lowest BCUT2D eigenvalue weighted by atomic mass is 10.0. The molecule has 1 aromatic rings. The van der Waals surface area contributed by atoms with Gasteiger partial charge < -0.3 is 15.0 Å². The molecule has 2 rings (SSSR count). The number of nitrogens with one attached hydrogen (secondary N) is 1. The number of ether oxygens (including phenoxy) is 1. The summed E-state index contributed by atoms with van der Waals surface area (Å²) in [6, 6.07) is 4.99. The first-order chi connectivity index (χ1) is 11.3. The van der Waals surface area contributed by atoms with Crippen molar-refractivity contribution in [2.75, 3.05) is 13.1 Å². The Morgan fingerprint density at radius 3 is 2.79 bits per heavy atom. The lowest BCUT2D eigenvalue weighted by Crippen LogP contribution is -2.41. The van der Waals surface area contributed by atoms with Gasteiger partial charge in [0, 0.05) is 23.5 Å². The normalized spacial score (nSPS) is 19.8. The van der Waals surface area contributed by atoms with Gasteiger partial charge in [0.15, 0.2) is 0 Å². The van der Waals surface area contributed by atoms with Gasteiger partial charge >= 0.3 is 6.09 Å². The Morgan fingerprint density at radius 1 is 1.46 bits per heavy atom. The molecule has 1 fully saturated rings. The van der Waals surface area contributed by atoms with Gasteiger partial charge in [-0.15, -0.1) is 11.3 Å². The molecule has 1 aliphatic heterocycles. The quantitative estimate of drug-likeness (QED) is 0.798. The van der Waals surface area contributed by atoms with Crippen LogP contribution in [-0.2, 0) is 4.74 Å². The lowest BCUT2D eigenvalue weighted by molar-refractivity contribution is 0.0220. The minimum Gasteiger partial charge on any atom is -0.444 e. The van der Waals surface area contributed by atoms with Crippen molar-refractivity contribution in [3.8, 4) is 0 Å². The van der Waals surface area contributed by atoms with Crippen LogP contribution < -0.4 is 5.32 Å². The molecule has 0 saturated carbocycles. The maximum absolute atomic E-state index is 12.3. The van der Waals surface area contributed by atoms with Crippen molar-refractivity contribution in [2.24, 2.45) is 5.92 Å². The van der Waals surface area contributed by atoms with Crippen LogP contribution in [0.25, 0.3) is 0 Å². The Morgan fingerprint density at radius 2 is 2.21 bits per heavy atom. The summed E-state index contributed by atoms with van der Waals surface area (Å²) in [6.45, 7) is 12.0. The topological polar surface area (TPSA) is 41.6 Å². The van der Waals surface area contributed by atoms with Crippen LogP contribution in [-0.4, -0.2) is 35.7 Å². The van der Waals surface area contributed by atoms with Crippen LogP contribution in [0.5, 0.6) is 0 Å². The molecule has 0 spiro atoms. The first kappa shape index (κ1) is 19.3. The Kier molecular flexibility index (Phi) is 6.70. The molecule has 1 aromatic heterocycles. The second kappa shape index (κ2) is 8.34. The van der Waals surface area contributed by atoms with Crippen LogP contribution in [0.2, 0.25) is 0 Å².